The maximum absolute atomic E-state index is 10.8. The number of carbonyl (C=O) groups is 1. The highest BCUT2D eigenvalue weighted by Crippen LogP contribution is 2.31. The number of aldehydes is 1. The molecule has 1 aromatic heterocycles. The number of rotatable bonds is 4. The largest absolute Gasteiger partial charge is 0.348 e. The van der Waals surface area contributed by atoms with E-state index in [1.807, 2.05) is 0 Å². The third-order valence-electron chi connectivity index (χ3n) is 3.96. The lowest BCUT2D eigenvalue weighted by Gasteiger charge is -2.31. The number of carbonyl (C=O) groups excluding carboxylic acids is 1. The van der Waals surface area contributed by atoms with Crippen molar-refractivity contribution in [2.75, 3.05) is 18.0 Å². The molecule has 1 aliphatic heterocycles. The topological polar surface area (TPSA) is 33.2 Å². The Kier molecular flexibility index (Phi) is 4.56. The third kappa shape index (κ3) is 3.44. The van der Waals surface area contributed by atoms with Gasteiger partial charge in [0.25, 0.3) is 0 Å². The minimum absolute atomic E-state index is 0.330. The molecule has 0 radical (unpaired) electrons. The van der Waals surface area contributed by atoms with Crippen molar-refractivity contribution in [3.8, 4) is 0 Å². The number of piperidine rings is 1. The van der Waals surface area contributed by atoms with Crippen molar-refractivity contribution in [2.24, 2.45) is 5.92 Å². The third-order valence-corrected chi connectivity index (χ3v) is 5.40. The van der Waals surface area contributed by atoms with Gasteiger partial charge in [0.15, 0.2) is 16.6 Å². The zero-order chi connectivity index (χ0) is 14.7. The molecule has 0 unspecified atom stereocenters. The first-order valence-corrected chi connectivity index (χ1v) is 8.36. The van der Waals surface area contributed by atoms with Crippen molar-refractivity contribution in [3.05, 3.63) is 45.9 Å². The van der Waals surface area contributed by atoms with Crippen LogP contribution in [0.2, 0.25) is 5.15 Å². The highest BCUT2D eigenvalue weighted by molar-refractivity contribution is 7.17. The molecular weight excluding hydrogens is 304 g/mol. The smallest absolute Gasteiger partial charge is 0.187 e. The second-order valence-corrected chi connectivity index (χ2v) is 6.76. The molecule has 0 atom stereocenters. The summed E-state index contributed by atoms with van der Waals surface area (Å²) in [4.78, 5) is 17.9. The zero-order valence-corrected chi connectivity index (χ0v) is 13.2. The average molecular weight is 321 g/mol. The molecule has 5 heteroatoms. The van der Waals surface area contributed by atoms with Crippen LogP contribution in [0.25, 0.3) is 0 Å². The van der Waals surface area contributed by atoms with Crippen LogP contribution in [0, 0.1) is 5.92 Å². The van der Waals surface area contributed by atoms with E-state index < -0.39 is 0 Å². The highest BCUT2D eigenvalue weighted by atomic mass is 35.5. The Hall–Kier alpha value is -1.39. The van der Waals surface area contributed by atoms with Crippen LogP contribution in [0.5, 0.6) is 0 Å². The number of nitrogens with zero attached hydrogens (tertiary/aromatic N) is 2. The fraction of sp³-hybridized carbons (Fsp3) is 0.375. The van der Waals surface area contributed by atoms with Gasteiger partial charge in [-0.15, -0.1) is 0 Å². The van der Waals surface area contributed by atoms with Crippen molar-refractivity contribution in [1.29, 1.82) is 0 Å². The number of aromatic nitrogens is 1. The number of anilines is 1. The van der Waals surface area contributed by atoms with E-state index in [9.17, 15) is 4.79 Å². The lowest BCUT2D eigenvalue weighted by atomic mass is 9.90. The van der Waals surface area contributed by atoms with E-state index in [0.29, 0.717) is 10.0 Å². The summed E-state index contributed by atoms with van der Waals surface area (Å²) in [6, 6.07) is 10.7. The van der Waals surface area contributed by atoms with Gasteiger partial charge in [0, 0.05) is 13.1 Å². The number of halogens is 1. The van der Waals surface area contributed by atoms with Crippen molar-refractivity contribution in [1.82, 2.24) is 4.98 Å². The Morgan fingerprint density at radius 3 is 2.62 bits per heavy atom. The number of thiazole rings is 1. The Balaban J connectivity index is 1.58. The van der Waals surface area contributed by atoms with Crippen molar-refractivity contribution in [2.45, 2.75) is 19.3 Å². The highest BCUT2D eigenvalue weighted by Gasteiger charge is 2.22. The normalized spacial score (nSPS) is 16.1. The first-order valence-electron chi connectivity index (χ1n) is 7.16. The molecule has 21 heavy (non-hydrogen) atoms. The van der Waals surface area contributed by atoms with Crippen LogP contribution >= 0.6 is 22.9 Å². The van der Waals surface area contributed by atoms with E-state index in [4.69, 9.17) is 11.6 Å². The summed E-state index contributed by atoms with van der Waals surface area (Å²) in [6.45, 7) is 1.97. The van der Waals surface area contributed by atoms with Crippen LogP contribution in [0.15, 0.2) is 30.3 Å². The first-order chi connectivity index (χ1) is 10.3. The summed E-state index contributed by atoms with van der Waals surface area (Å²) in [6.07, 6.45) is 4.24. The van der Waals surface area contributed by atoms with Gasteiger partial charge in [0.05, 0.1) is 0 Å². The van der Waals surface area contributed by atoms with Gasteiger partial charge >= 0.3 is 0 Å². The van der Waals surface area contributed by atoms with Crippen LogP contribution < -0.4 is 4.90 Å². The maximum atomic E-state index is 10.8. The van der Waals surface area contributed by atoms with Crippen LogP contribution in [-0.2, 0) is 6.42 Å². The van der Waals surface area contributed by atoms with E-state index >= 15 is 0 Å². The lowest BCUT2D eigenvalue weighted by molar-refractivity contribution is 0.112. The van der Waals surface area contributed by atoms with Crippen LogP contribution in [-0.4, -0.2) is 24.4 Å². The fourth-order valence-electron chi connectivity index (χ4n) is 2.79. The second kappa shape index (κ2) is 6.58. The van der Waals surface area contributed by atoms with E-state index in [1.54, 1.807) is 0 Å². The molecular formula is C16H17ClN2OS. The molecule has 1 saturated heterocycles. The SMILES string of the molecule is O=Cc1sc(N2CCC(Cc3ccccc3)CC2)nc1Cl. The molecule has 0 aliphatic carbocycles. The quantitative estimate of drug-likeness (QED) is 0.796. The summed E-state index contributed by atoms with van der Waals surface area (Å²) < 4.78 is 0. The molecule has 3 rings (SSSR count). The van der Waals surface area contributed by atoms with Gasteiger partial charge in [0.2, 0.25) is 0 Å². The molecule has 1 fully saturated rings. The molecule has 3 nitrogen and oxygen atoms in total. The minimum Gasteiger partial charge on any atom is -0.348 e. The van der Waals surface area contributed by atoms with Gasteiger partial charge in [-0.25, -0.2) is 4.98 Å². The van der Waals surface area contributed by atoms with Crippen LogP contribution in [0.1, 0.15) is 28.1 Å². The van der Waals surface area contributed by atoms with Crippen molar-refractivity contribution >= 4 is 34.4 Å². The minimum atomic E-state index is 0.330. The second-order valence-electron chi connectivity index (χ2n) is 5.39. The Morgan fingerprint density at radius 2 is 2.00 bits per heavy atom. The molecule has 2 aromatic rings. The standard InChI is InChI=1S/C16H17ClN2OS/c17-15-14(11-20)21-16(18-15)19-8-6-13(7-9-19)10-12-4-2-1-3-5-12/h1-5,11,13H,6-10H2. The molecule has 0 saturated carbocycles. The zero-order valence-electron chi connectivity index (χ0n) is 11.7. The lowest BCUT2D eigenvalue weighted by Crippen LogP contribution is -2.34. The fourth-order valence-corrected chi connectivity index (χ4v) is 3.90. The van der Waals surface area contributed by atoms with Crippen molar-refractivity contribution < 1.29 is 4.79 Å². The molecule has 2 heterocycles. The number of hydrogen-bond donors (Lipinski definition) is 0. The summed E-state index contributed by atoms with van der Waals surface area (Å²) in [5.41, 5.74) is 1.41. The number of hydrogen-bond acceptors (Lipinski definition) is 4. The molecule has 1 aromatic carbocycles. The van der Waals surface area contributed by atoms with Crippen LogP contribution in [0.4, 0.5) is 5.13 Å². The monoisotopic (exact) mass is 320 g/mol. The van der Waals surface area contributed by atoms with Gasteiger partial charge < -0.3 is 4.90 Å². The first kappa shape index (κ1) is 14.5. The van der Waals surface area contributed by atoms with Gasteiger partial charge in [-0.3, -0.25) is 4.79 Å². The summed E-state index contributed by atoms with van der Waals surface area (Å²) in [7, 11) is 0. The predicted octanol–water partition coefficient (Wildman–Crippen LogP) is 4.07. The van der Waals surface area contributed by atoms with Crippen molar-refractivity contribution in [3.63, 3.8) is 0 Å². The Labute approximate surface area is 133 Å². The predicted molar refractivity (Wildman–Crippen MR) is 87.6 cm³/mol. The van der Waals surface area contributed by atoms with E-state index in [-0.39, 0.29) is 0 Å². The Morgan fingerprint density at radius 1 is 1.29 bits per heavy atom. The van der Waals surface area contributed by atoms with E-state index in [2.05, 4.69) is 40.2 Å². The van der Waals surface area contributed by atoms with E-state index in [0.717, 1.165) is 49.7 Å². The summed E-state index contributed by atoms with van der Waals surface area (Å²) in [5, 5.41) is 1.21. The molecule has 0 spiro atoms. The summed E-state index contributed by atoms with van der Waals surface area (Å²) >= 11 is 7.33. The van der Waals surface area contributed by atoms with Gasteiger partial charge in [0.1, 0.15) is 4.88 Å². The molecule has 0 bridgehead atoms. The summed E-state index contributed by atoms with van der Waals surface area (Å²) in [5.74, 6) is 0.727. The van der Waals surface area contributed by atoms with Gasteiger partial charge in [-0.05, 0) is 30.7 Å². The van der Waals surface area contributed by atoms with Gasteiger partial charge in [-0.1, -0.05) is 53.3 Å². The number of benzene rings is 1. The maximum Gasteiger partial charge on any atom is 0.187 e. The van der Waals surface area contributed by atoms with Gasteiger partial charge in [-0.2, -0.15) is 0 Å². The van der Waals surface area contributed by atoms with Crippen LogP contribution in [0.3, 0.4) is 0 Å². The molecule has 0 amide bonds. The molecule has 0 N–H and O–H groups in total. The molecule has 110 valence electrons. The van der Waals surface area contributed by atoms with E-state index in [1.165, 1.54) is 16.9 Å². The molecule has 1 aliphatic rings. The average Bonchev–Trinajstić information content (AvgIpc) is 2.90. The Bertz CT molecular complexity index is 606.